The lowest BCUT2D eigenvalue weighted by molar-refractivity contribution is -0.134. The zero-order valence-electron chi connectivity index (χ0n) is 15.7. The molecular formula is C23H23N3O2. The molecule has 5 heteroatoms. The number of aromatic nitrogens is 2. The lowest BCUT2D eigenvalue weighted by Gasteiger charge is -2.11. The van der Waals surface area contributed by atoms with Gasteiger partial charge in [-0.25, -0.2) is 4.68 Å². The Hall–Kier alpha value is -3.60. The van der Waals surface area contributed by atoms with Crippen molar-refractivity contribution < 1.29 is 9.53 Å². The van der Waals surface area contributed by atoms with Crippen molar-refractivity contribution in [3.63, 3.8) is 0 Å². The minimum atomic E-state index is -0.271. The van der Waals surface area contributed by atoms with E-state index >= 15 is 0 Å². The number of rotatable bonds is 9. The molecule has 0 aliphatic carbocycles. The summed E-state index contributed by atoms with van der Waals surface area (Å²) < 4.78 is 7.29. The van der Waals surface area contributed by atoms with Crippen LogP contribution in [0.2, 0.25) is 0 Å². The SMILES string of the molecule is C=CCCC(=O)Oc1ccc(Nc2ccn(-c3ccccc3)n2)cc1CC=C. The molecule has 0 atom stereocenters. The molecule has 3 aromatic rings. The second-order valence-corrected chi connectivity index (χ2v) is 6.22. The van der Waals surface area contributed by atoms with Crippen molar-refractivity contribution in [1.29, 1.82) is 0 Å². The Morgan fingerprint density at radius 2 is 1.93 bits per heavy atom. The zero-order valence-corrected chi connectivity index (χ0v) is 15.7. The number of nitrogens with one attached hydrogen (secondary N) is 1. The minimum Gasteiger partial charge on any atom is -0.426 e. The Morgan fingerprint density at radius 1 is 1.11 bits per heavy atom. The smallest absolute Gasteiger partial charge is 0.311 e. The van der Waals surface area contributed by atoms with Gasteiger partial charge in [0.2, 0.25) is 0 Å². The number of hydrogen-bond acceptors (Lipinski definition) is 4. The summed E-state index contributed by atoms with van der Waals surface area (Å²) in [5, 5.41) is 7.83. The largest absolute Gasteiger partial charge is 0.426 e. The Balaban J connectivity index is 1.75. The number of carbonyl (C=O) groups excluding carboxylic acids is 1. The van der Waals surface area contributed by atoms with Gasteiger partial charge in [0.15, 0.2) is 5.82 Å². The molecule has 5 nitrogen and oxygen atoms in total. The molecule has 0 radical (unpaired) electrons. The third-order valence-corrected chi connectivity index (χ3v) is 4.08. The number of hydrogen-bond donors (Lipinski definition) is 1. The van der Waals surface area contributed by atoms with Crippen molar-refractivity contribution in [2.45, 2.75) is 19.3 Å². The van der Waals surface area contributed by atoms with E-state index < -0.39 is 0 Å². The van der Waals surface area contributed by atoms with Crippen molar-refractivity contribution in [3.8, 4) is 11.4 Å². The van der Waals surface area contributed by atoms with Crippen LogP contribution >= 0.6 is 0 Å². The predicted molar refractivity (Wildman–Crippen MR) is 112 cm³/mol. The zero-order chi connectivity index (χ0) is 19.8. The Labute approximate surface area is 165 Å². The van der Waals surface area contributed by atoms with Crippen LogP contribution in [0.25, 0.3) is 5.69 Å². The summed E-state index contributed by atoms with van der Waals surface area (Å²) >= 11 is 0. The van der Waals surface area contributed by atoms with Gasteiger partial charge in [-0.15, -0.1) is 13.2 Å². The molecule has 0 saturated heterocycles. The Morgan fingerprint density at radius 3 is 2.68 bits per heavy atom. The fourth-order valence-corrected chi connectivity index (χ4v) is 2.73. The van der Waals surface area contributed by atoms with Gasteiger partial charge < -0.3 is 10.1 Å². The van der Waals surface area contributed by atoms with Gasteiger partial charge in [0.25, 0.3) is 0 Å². The van der Waals surface area contributed by atoms with E-state index in [-0.39, 0.29) is 5.97 Å². The van der Waals surface area contributed by atoms with Crippen LogP contribution in [0.5, 0.6) is 5.75 Å². The Kier molecular flexibility index (Phi) is 6.41. The third-order valence-electron chi connectivity index (χ3n) is 4.08. The van der Waals surface area contributed by atoms with E-state index in [0.29, 0.717) is 25.0 Å². The van der Waals surface area contributed by atoms with E-state index in [0.717, 1.165) is 22.8 Å². The van der Waals surface area contributed by atoms with E-state index in [1.54, 1.807) is 18.2 Å². The number of anilines is 2. The first kappa shape index (κ1) is 19.2. The highest BCUT2D eigenvalue weighted by Gasteiger charge is 2.10. The number of esters is 1. The maximum Gasteiger partial charge on any atom is 0.311 e. The van der Waals surface area contributed by atoms with Crippen LogP contribution in [0, 0.1) is 0 Å². The lowest BCUT2D eigenvalue weighted by atomic mass is 10.1. The fourth-order valence-electron chi connectivity index (χ4n) is 2.73. The number of ether oxygens (including phenoxy) is 1. The molecule has 2 aromatic carbocycles. The fraction of sp³-hybridized carbons (Fsp3) is 0.130. The van der Waals surface area contributed by atoms with Crippen LogP contribution in [-0.4, -0.2) is 15.7 Å². The summed E-state index contributed by atoms with van der Waals surface area (Å²) in [5.41, 5.74) is 2.74. The van der Waals surface area contributed by atoms with E-state index in [9.17, 15) is 4.79 Å². The van der Waals surface area contributed by atoms with Gasteiger partial charge >= 0.3 is 5.97 Å². The van der Waals surface area contributed by atoms with Crippen molar-refractivity contribution >= 4 is 17.5 Å². The van der Waals surface area contributed by atoms with Crippen LogP contribution in [0.3, 0.4) is 0 Å². The average molecular weight is 373 g/mol. The summed E-state index contributed by atoms with van der Waals surface area (Å²) in [7, 11) is 0. The van der Waals surface area contributed by atoms with Crippen molar-refractivity contribution in [3.05, 3.63) is 91.7 Å². The van der Waals surface area contributed by atoms with Crippen LogP contribution in [0.4, 0.5) is 11.5 Å². The number of benzene rings is 2. The predicted octanol–water partition coefficient (Wildman–Crippen LogP) is 5.22. The molecule has 0 aliphatic rings. The first-order valence-electron chi connectivity index (χ1n) is 9.13. The van der Waals surface area contributed by atoms with E-state index in [1.807, 2.05) is 59.4 Å². The highest BCUT2D eigenvalue weighted by molar-refractivity contribution is 5.73. The van der Waals surface area contributed by atoms with Gasteiger partial charge in [0.05, 0.1) is 5.69 Å². The molecule has 0 spiro atoms. The number of nitrogens with zero attached hydrogens (tertiary/aromatic N) is 2. The van der Waals surface area contributed by atoms with E-state index in [4.69, 9.17) is 4.74 Å². The summed E-state index contributed by atoms with van der Waals surface area (Å²) in [6, 6.07) is 17.4. The molecule has 0 fully saturated rings. The normalized spacial score (nSPS) is 10.3. The Bertz CT molecular complexity index is 961. The first-order chi connectivity index (χ1) is 13.7. The topological polar surface area (TPSA) is 56.1 Å². The second kappa shape index (κ2) is 9.37. The van der Waals surface area contributed by atoms with Gasteiger partial charge in [0, 0.05) is 29.9 Å². The van der Waals surface area contributed by atoms with E-state index in [2.05, 4.69) is 23.6 Å². The number of allylic oxidation sites excluding steroid dienone is 2. The third kappa shape index (κ3) is 4.98. The average Bonchev–Trinajstić information content (AvgIpc) is 3.18. The van der Waals surface area contributed by atoms with Gasteiger partial charge in [-0.2, -0.15) is 5.10 Å². The van der Waals surface area contributed by atoms with Gasteiger partial charge in [-0.05, 0) is 43.2 Å². The molecule has 142 valence electrons. The quantitative estimate of drug-likeness (QED) is 0.317. The van der Waals surface area contributed by atoms with Crippen LogP contribution in [0.15, 0.2) is 86.1 Å². The van der Waals surface area contributed by atoms with Crippen LogP contribution < -0.4 is 10.1 Å². The van der Waals surface area contributed by atoms with Crippen molar-refractivity contribution in [1.82, 2.24) is 9.78 Å². The van der Waals surface area contributed by atoms with E-state index in [1.165, 1.54) is 0 Å². The van der Waals surface area contributed by atoms with Crippen LogP contribution in [-0.2, 0) is 11.2 Å². The van der Waals surface area contributed by atoms with Crippen molar-refractivity contribution in [2.75, 3.05) is 5.32 Å². The minimum absolute atomic E-state index is 0.271. The van der Waals surface area contributed by atoms with Gasteiger partial charge in [0.1, 0.15) is 5.75 Å². The standard InChI is InChI=1S/C23H23N3O2/c1-3-5-12-23(27)28-21-14-13-19(17-18(21)9-4-2)24-22-15-16-26(25-22)20-10-7-6-8-11-20/h3-4,6-8,10-11,13-17H,1-2,5,9,12H2,(H,24,25). The van der Waals surface area contributed by atoms with Crippen molar-refractivity contribution in [2.24, 2.45) is 0 Å². The molecule has 1 heterocycles. The maximum absolute atomic E-state index is 11.9. The summed E-state index contributed by atoms with van der Waals surface area (Å²) in [4.78, 5) is 11.9. The highest BCUT2D eigenvalue weighted by atomic mass is 16.5. The molecule has 0 unspecified atom stereocenters. The van der Waals surface area contributed by atoms with Crippen LogP contribution in [0.1, 0.15) is 18.4 Å². The van der Waals surface area contributed by atoms with Gasteiger partial charge in [-0.1, -0.05) is 30.4 Å². The molecular weight excluding hydrogens is 350 g/mol. The van der Waals surface area contributed by atoms with Gasteiger partial charge in [-0.3, -0.25) is 4.79 Å². The lowest BCUT2D eigenvalue weighted by Crippen LogP contribution is -2.09. The second-order valence-electron chi connectivity index (χ2n) is 6.22. The molecule has 0 amide bonds. The molecule has 0 bridgehead atoms. The maximum atomic E-state index is 11.9. The molecule has 0 saturated carbocycles. The summed E-state index contributed by atoms with van der Waals surface area (Å²) in [5.74, 6) is 1.01. The highest BCUT2D eigenvalue weighted by Crippen LogP contribution is 2.26. The monoisotopic (exact) mass is 373 g/mol. The summed E-state index contributed by atoms with van der Waals surface area (Å²) in [6.45, 7) is 7.41. The molecule has 3 rings (SSSR count). The number of para-hydroxylation sites is 1. The molecule has 1 N–H and O–H groups in total. The summed E-state index contributed by atoms with van der Waals surface area (Å²) in [6.07, 6.45) is 6.89. The first-order valence-corrected chi connectivity index (χ1v) is 9.13. The molecule has 1 aromatic heterocycles. The molecule has 0 aliphatic heterocycles. The number of carbonyl (C=O) groups is 1. The molecule has 28 heavy (non-hydrogen) atoms.